The van der Waals surface area contributed by atoms with Gasteiger partial charge in [-0.3, -0.25) is 0 Å². The van der Waals surface area contributed by atoms with Crippen molar-refractivity contribution < 1.29 is 0 Å². The molecule has 0 aromatic rings. The van der Waals surface area contributed by atoms with Crippen LogP contribution in [0.25, 0.3) is 0 Å². The van der Waals surface area contributed by atoms with Gasteiger partial charge in [-0.15, -0.1) is 13.2 Å². The van der Waals surface area contributed by atoms with Crippen LogP contribution in [0.5, 0.6) is 0 Å². The summed E-state index contributed by atoms with van der Waals surface area (Å²) in [7, 11) is 0. The molecule has 0 aliphatic heterocycles. The molecule has 57 valence electrons. The fourth-order valence-electron chi connectivity index (χ4n) is 0.797. The maximum Gasteiger partial charge on any atom is -0.00297 e. The fraction of sp³-hybridized carbons (Fsp3) is 0.500. The Balaban J connectivity index is 3.44. The third-order valence-electron chi connectivity index (χ3n) is 1.62. The van der Waals surface area contributed by atoms with Gasteiger partial charge >= 0.3 is 0 Å². The van der Waals surface area contributed by atoms with E-state index in [1.807, 2.05) is 6.08 Å². The molecule has 0 unspecified atom stereocenters. The number of allylic oxidation sites excluding steroid dienone is 2. The lowest BCUT2D eigenvalue weighted by Crippen LogP contribution is -1.90. The molecule has 0 nitrogen and oxygen atoms in total. The van der Waals surface area contributed by atoms with Gasteiger partial charge in [0.25, 0.3) is 0 Å². The van der Waals surface area contributed by atoms with Gasteiger partial charge in [-0.25, -0.2) is 0 Å². The Hall–Kier alpha value is -0.520. The van der Waals surface area contributed by atoms with Crippen LogP contribution >= 0.6 is 0 Å². The maximum atomic E-state index is 3.85. The van der Waals surface area contributed by atoms with Gasteiger partial charge in [0.2, 0.25) is 0 Å². The van der Waals surface area contributed by atoms with E-state index in [2.05, 4.69) is 27.0 Å². The second kappa shape index (κ2) is 5.28. The Morgan fingerprint density at radius 2 is 2.00 bits per heavy atom. The van der Waals surface area contributed by atoms with E-state index >= 15 is 0 Å². The van der Waals surface area contributed by atoms with E-state index in [1.54, 1.807) is 0 Å². The van der Waals surface area contributed by atoms with E-state index in [4.69, 9.17) is 0 Å². The van der Waals surface area contributed by atoms with E-state index in [0.29, 0.717) is 0 Å². The minimum Gasteiger partial charge on any atom is -0.102 e. The molecule has 0 amide bonds. The molecule has 1 radical (unpaired) electrons. The summed E-state index contributed by atoms with van der Waals surface area (Å²) < 4.78 is 0. The summed E-state index contributed by atoms with van der Waals surface area (Å²) >= 11 is 0. The van der Waals surface area contributed by atoms with Gasteiger partial charge in [-0.2, -0.15) is 0 Å². The Kier molecular flexibility index (Phi) is 5.00. The lowest BCUT2D eigenvalue weighted by atomic mass is 9.98. The Labute approximate surface area is 64.6 Å². The first-order valence-corrected chi connectivity index (χ1v) is 3.82. The molecule has 0 heterocycles. The molecule has 0 N–H and O–H groups in total. The van der Waals surface area contributed by atoms with Crippen molar-refractivity contribution in [2.24, 2.45) is 0 Å². The largest absolute Gasteiger partial charge is 0.102 e. The molecule has 0 atom stereocenters. The fourth-order valence-corrected chi connectivity index (χ4v) is 0.797. The number of rotatable bonds is 5. The summed E-state index contributed by atoms with van der Waals surface area (Å²) in [6.45, 7) is 11.8. The minimum atomic E-state index is 1.11. The molecule has 0 fully saturated rings. The highest BCUT2D eigenvalue weighted by molar-refractivity contribution is 5.07. The molecular formula is C10H17. The highest BCUT2D eigenvalue weighted by Crippen LogP contribution is 2.16. The molecule has 0 heteroatoms. The van der Waals surface area contributed by atoms with Crippen LogP contribution in [0, 0.1) is 5.92 Å². The Bertz CT molecular complexity index is 111. The number of hydrogen-bond donors (Lipinski definition) is 0. The summed E-state index contributed by atoms with van der Waals surface area (Å²) in [5.74, 6) is 1.43. The van der Waals surface area contributed by atoms with Gasteiger partial charge in [-0.05, 0) is 32.1 Å². The van der Waals surface area contributed by atoms with Crippen LogP contribution in [0.3, 0.4) is 0 Å². The minimum absolute atomic E-state index is 1.11. The zero-order valence-corrected chi connectivity index (χ0v) is 7.11. The predicted octanol–water partition coefficient (Wildman–Crippen LogP) is 3.51. The van der Waals surface area contributed by atoms with Crippen LogP contribution in [0.4, 0.5) is 0 Å². The van der Waals surface area contributed by atoms with Crippen molar-refractivity contribution in [3.05, 3.63) is 30.7 Å². The van der Waals surface area contributed by atoms with Gasteiger partial charge in [0.15, 0.2) is 0 Å². The van der Waals surface area contributed by atoms with Gasteiger partial charge in [0.05, 0.1) is 0 Å². The van der Waals surface area contributed by atoms with Gasteiger partial charge < -0.3 is 0 Å². The molecular weight excluding hydrogens is 120 g/mol. The van der Waals surface area contributed by atoms with E-state index in [0.717, 1.165) is 19.3 Å². The standard InChI is InChI=1S/C10H17/c1-5-10(6-2)8-7-9(3)4/h5H,1,3,6-8H2,2,4H3. The first kappa shape index (κ1) is 9.48. The zero-order chi connectivity index (χ0) is 7.98. The van der Waals surface area contributed by atoms with Crippen molar-refractivity contribution in [3.63, 3.8) is 0 Å². The zero-order valence-electron chi connectivity index (χ0n) is 7.11. The summed E-state index contributed by atoms with van der Waals surface area (Å²) in [6, 6.07) is 0. The Morgan fingerprint density at radius 3 is 2.30 bits per heavy atom. The quantitative estimate of drug-likeness (QED) is 0.509. The van der Waals surface area contributed by atoms with Crippen molar-refractivity contribution >= 4 is 0 Å². The third-order valence-corrected chi connectivity index (χ3v) is 1.62. The van der Waals surface area contributed by atoms with Crippen LogP contribution in [-0.2, 0) is 0 Å². The molecule has 0 aromatic carbocycles. The predicted molar refractivity (Wildman–Crippen MR) is 47.8 cm³/mol. The van der Waals surface area contributed by atoms with E-state index in [9.17, 15) is 0 Å². The smallest absolute Gasteiger partial charge is 0.00297 e. The van der Waals surface area contributed by atoms with Gasteiger partial charge in [-0.1, -0.05) is 18.6 Å². The highest BCUT2D eigenvalue weighted by Gasteiger charge is 1.99. The van der Waals surface area contributed by atoms with Crippen molar-refractivity contribution in [2.75, 3.05) is 0 Å². The lowest BCUT2D eigenvalue weighted by Gasteiger charge is -2.06. The van der Waals surface area contributed by atoms with Gasteiger partial charge in [0.1, 0.15) is 0 Å². The van der Waals surface area contributed by atoms with Crippen LogP contribution in [0.15, 0.2) is 24.8 Å². The highest BCUT2D eigenvalue weighted by atomic mass is 14.0. The van der Waals surface area contributed by atoms with Crippen LogP contribution < -0.4 is 0 Å². The molecule has 0 saturated carbocycles. The molecule has 0 aliphatic rings. The van der Waals surface area contributed by atoms with Crippen LogP contribution in [0.1, 0.15) is 33.1 Å². The summed E-state index contributed by atoms with van der Waals surface area (Å²) in [6.07, 6.45) is 5.32. The third kappa shape index (κ3) is 4.37. The van der Waals surface area contributed by atoms with E-state index in [-0.39, 0.29) is 0 Å². The topological polar surface area (TPSA) is 0 Å². The second-order valence-electron chi connectivity index (χ2n) is 2.67. The van der Waals surface area contributed by atoms with Crippen molar-refractivity contribution in [1.29, 1.82) is 0 Å². The van der Waals surface area contributed by atoms with E-state index in [1.165, 1.54) is 11.5 Å². The monoisotopic (exact) mass is 137 g/mol. The van der Waals surface area contributed by atoms with Crippen molar-refractivity contribution in [2.45, 2.75) is 33.1 Å². The molecule has 0 bridgehead atoms. The summed E-state index contributed by atoms with van der Waals surface area (Å²) in [5.41, 5.74) is 1.26. The summed E-state index contributed by atoms with van der Waals surface area (Å²) in [5, 5.41) is 0. The SMILES string of the molecule is C=C[C](CC)CCC(=C)C. The molecule has 0 rings (SSSR count). The van der Waals surface area contributed by atoms with Crippen LogP contribution in [-0.4, -0.2) is 0 Å². The summed E-state index contributed by atoms with van der Waals surface area (Å²) in [4.78, 5) is 0. The normalized spacial score (nSPS) is 9.90. The maximum absolute atomic E-state index is 3.85. The van der Waals surface area contributed by atoms with Crippen molar-refractivity contribution in [1.82, 2.24) is 0 Å². The first-order valence-electron chi connectivity index (χ1n) is 3.82. The van der Waals surface area contributed by atoms with E-state index < -0.39 is 0 Å². The lowest BCUT2D eigenvalue weighted by molar-refractivity contribution is 0.799. The van der Waals surface area contributed by atoms with Crippen LogP contribution in [0.2, 0.25) is 0 Å². The molecule has 0 aromatic heterocycles. The number of hydrogen-bond acceptors (Lipinski definition) is 0. The van der Waals surface area contributed by atoms with Gasteiger partial charge in [0, 0.05) is 0 Å². The second-order valence-corrected chi connectivity index (χ2v) is 2.67. The molecule has 0 saturated heterocycles. The average Bonchev–Trinajstić information content (AvgIpc) is 1.90. The molecule has 0 spiro atoms. The molecule has 0 aliphatic carbocycles. The molecule has 10 heavy (non-hydrogen) atoms. The Morgan fingerprint density at radius 1 is 1.40 bits per heavy atom. The first-order chi connectivity index (χ1) is 4.70. The average molecular weight is 137 g/mol. The van der Waals surface area contributed by atoms with Crippen molar-refractivity contribution in [3.8, 4) is 0 Å².